The van der Waals surface area contributed by atoms with Gasteiger partial charge in [-0.3, -0.25) is 9.69 Å². The Balaban J connectivity index is 1.18. The number of pyridine rings is 1. The SMILES string of the molecule is Cc1ccc(Cl)cc1CN1CCNc2ncc(-c3cccc(C(=O)N4CCC(N5CCOCC5)CC4)c3)cc21. The molecular weight excluding hydrogens is 510 g/mol. The third-order valence-electron chi connectivity index (χ3n) is 8.31. The molecule has 6 rings (SSSR count). The maximum absolute atomic E-state index is 13.5. The number of anilines is 2. The summed E-state index contributed by atoms with van der Waals surface area (Å²) in [4.78, 5) is 25.1. The summed E-state index contributed by atoms with van der Waals surface area (Å²) in [6.07, 6.45) is 3.95. The number of piperidine rings is 1. The summed E-state index contributed by atoms with van der Waals surface area (Å²) in [6.45, 7) is 9.85. The molecule has 0 spiro atoms. The van der Waals surface area contributed by atoms with E-state index < -0.39 is 0 Å². The van der Waals surface area contributed by atoms with E-state index in [9.17, 15) is 4.79 Å². The molecule has 2 saturated heterocycles. The lowest BCUT2D eigenvalue weighted by molar-refractivity contribution is 0.00159. The number of hydrogen-bond donors (Lipinski definition) is 1. The number of carbonyl (C=O) groups is 1. The van der Waals surface area contributed by atoms with Crippen LogP contribution in [0.1, 0.15) is 34.3 Å². The number of morpholine rings is 1. The van der Waals surface area contributed by atoms with E-state index in [4.69, 9.17) is 21.3 Å². The van der Waals surface area contributed by atoms with Crippen molar-refractivity contribution in [3.05, 3.63) is 76.4 Å². The highest BCUT2D eigenvalue weighted by molar-refractivity contribution is 6.30. The van der Waals surface area contributed by atoms with E-state index in [0.717, 1.165) is 105 Å². The first-order valence-electron chi connectivity index (χ1n) is 14.0. The summed E-state index contributed by atoms with van der Waals surface area (Å²) in [5.41, 5.74) is 6.25. The molecule has 2 aromatic carbocycles. The van der Waals surface area contributed by atoms with Crippen LogP contribution in [-0.4, -0.2) is 79.2 Å². The van der Waals surface area contributed by atoms with Crippen molar-refractivity contribution >= 4 is 29.0 Å². The number of nitrogens with zero attached hydrogens (tertiary/aromatic N) is 4. The number of halogens is 1. The second-order valence-corrected chi connectivity index (χ2v) is 11.2. The molecule has 0 atom stereocenters. The van der Waals surface area contributed by atoms with Gasteiger partial charge in [0.05, 0.1) is 18.9 Å². The number of hydrogen-bond acceptors (Lipinski definition) is 6. The van der Waals surface area contributed by atoms with Crippen LogP contribution >= 0.6 is 11.6 Å². The summed E-state index contributed by atoms with van der Waals surface area (Å²) < 4.78 is 5.51. The molecule has 204 valence electrons. The van der Waals surface area contributed by atoms with Crippen LogP contribution in [0.3, 0.4) is 0 Å². The Kier molecular flexibility index (Phi) is 7.73. The van der Waals surface area contributed by atoms with Gasteiger partial charge in [0.1, 0.15) is 5.82 Å². The molecule has 1 amide bonds. The number of benzene rings is 2. The zero-order chi connectivity index (χ0) is 26.8. The lowest BCUT2D eigenvalue weighted by Gasteiger charge is -2.40. The summed E-state index contributed by atoms with van der Waals surface area (Å²) in [6, 6.07) is 16.8. The lowest BCUT2D eigenvalue weighted by atomic mass is 10.00. The highest BCUT2D eigenvalue weighted by atomic mass is 35.5. The van der Waals surface area contributed by atoms with Gasteiger partial charge in [-0.2, -0.15) is 0 Å². The first-order valence-corrected chi connectivity index (χ1v) is 14.4. The summed E-state index contributed by atoms with van der Waals surface area (Å²) in [7, 11) is 0. The normalized spacial score (nSPS) is 18.5. The lowest BCUT2D eigenvalue weighted by Crippen LogP contribution is -2.50. The minimum atomic E-state index is 0.114. The van der Waals surface area contributed by atoms with Gasteiger partial charge in [-0.25, -0.2) is 4.98 Å². The number of aryl methyl sites for hydroxylation is 1. The fraction of sp³-hybridized carbons (Fsp3) is 0.419. The van der Waals surface area contributed by atoms with Gasteiger partial charge in [0.2, 0.25) is 0 Å². The highest BCUT2D eigenvalue weighted by Gasteiger charge is 2.28. The third kappa shape index (κ3) is 5.76. The molecule has 7 nitrogen and oxygen atoms in total. The van der Waals surface area contributed by atoms with Crippen LogP contribution in [-0.2, 0) is 11.3 Å². The van der Waals surface area contributed by atoms with Gasteiger partial charge in [-0.15, -0.1) is 0 Å². The Morgan fingerprint density at radius 3 is 2.67 bits per heavy atom. The van der Waals surface area contributed by atoms with Gasteiger partial charge < -0.3 is 19.9 Å². The van der Waals surface area contributed by atoms with Crippen LogP contribution in [0.5, 0.6) is 0 Å². The van der Waals surface area contributed by atoms with E-state index in [1.54, 1.807) is 0 Å². The van der Waals surface area contributed by atoms with E-state index >= 15 is 0 Å². The monoisotopic (exact) mass is 545 g/mol. The molecule has 8 heteroatoms. The molecule has 0 saturated carbocycles. The molecule has 3 aromatic rings. The van der Waals surface area contributed by atoms with Gasteiger partial charge in [0.15, 0.2) is 0 Å². The van der Waals surface area contributed by atoms with E-state index in [0.29, 0.717) is 6.04 Å². The number of aromatic nitrogens is 1. The number of nitrogens with one attached hydrogen (secondary N) is 1. The van der Waals surface area contributed by atoms with E-state index in [2.05, 4.69) is 46.3 Å². The van der Waals surface area contributed by atoms with E-state index in [1.807, 2.05) is 35.4 Å². The predicted octanol–water partition coefficient (Wildman–Crippen LogP) is 5.08. The van der Waals surface area contributed by atoms with Crippen molar-refractivity contribution in [3.63, 3.8) is 0 Å². The molecule has 3 aliphatic heterocycles. The van der Waals surface area contributed by atoms with Gasteiger partial charge in [0.25, 0.3) is 5.91 Å². The zero-order valence-corrected chi connectivity index (χ0v) is 23.3. The molecule has 2 fully saturated rings. The van der Waals surface area contributed by atoms with Crippen LogP contribution < -0.4 is 10.2 Å². The number of carbonyl (C=O) groups excluding carboxylic acids is 1. The van der Waals surface area contributed by atoms with Crippen LogP contribution in [0.2, 0.25) is 5.02 Å². The number of amides is 1. The number of fused-ring (bicyclic) bond motifs is 1. The molecule has 3 aliphatic rings. The molecule has 0 unspecified atom stereocenters. The van der Waals surface area contributed by atoms with E-state index in [-0.39, 0.29) is 5.91 Å². The van der Waals surface area contributed by atoms with Crippen LogP contribution in [0.25, 0.3) is 11.1 Å². The maximum atomic E-state index is 13.5. The Bertz CT molecular complexity index is 1330. The molecule has 0 bridgehead atoms. The largest absolute Gasteiger partial charge is 0.379 e. The van der Waals surface area contributed by atoms with Gasteiger partial charge in [-0.05, 0) is 66.8 Å². The Hall–Kier alpha value is -3.13. The van der Waals surface area contributed by atoms with Crippen molar-refractivity contribution in [1.82, 2.24) is 14.8 Å². The molecule has 1 aromatic heterocycles. The molecule has 4 heterocycles. The number of likely N-dealkylation sites (tertiary alicyclic amines) is 1. The van der Waals surface area contributed by atoms with Crippen molar-refractivity contribution < 1.29 is 9.53 Å². The quantitative estimate of drug-likeness (QED) is 0.482. The van der Waals surface area contributed by atoms with Gasteiger partial charge in [-0.1, -0.05) is 29.8 Å². The van der Waals surface area contributed by atoms with Crippen molar-refractivity contribution in [2.75, 3.05) is 62.7 Å². The molecular formula is C31H36ClN5O2. The second-order valence-electron chi connectivity index (χ2n) is 10.8. The Morgan fingerprint density at radius 2 is 1.85 bits per heavy atom. The summed E-state index contributed by atoms with van der Waals surface area (Å²) in [5, 5.41) is 4.19. The average molecular weight is 546 g/mol. The standard InChI is InChI=1S/C31H36ClN5O2/c1-22-5-6-27(32)18-26(22)21-37-12-9-33-30-29(37)19-25(20-34-30)23-3-2-4-24(17-23)31(38)36-10-7-28(8-11-36)35-13-15-39-16-14-35/h2-6,17-20,28H,7-16,21H2,1H3,(H,33,34). The minimum Gasteiger partial charge on any atom is -0.379 e. The second kappa shape index (κ2) is 11.5. The maximum Gasteiger partial charge on any atom is 0.253 e. The van der Waals surface area contributed by atoms with E-state index in [1.165, 1.54) is 11.1 Å². The summed E-state index contributed by atoms with van der Waals surface area (Å²) in [5.74, 6) is 1.00. The van der Waals surface area contributed by atoms with Gasteiger partial charge >= 0.3 is 0 Å². The van der Waals surface area contributed by atoms with Gasteiger partial charge in [0, 0.05) is 74.2 Å². The molecule has 0 radical (unpaired) electrons. The molecule has 39 heavy (non-hydrogen) atoms. The first-order chi connectivity index (χ1) is 19.0. The Labute approximate surface area is 235 Å². The van der Waals surface area contributed by atoms with Crippen molar-refractivity contribution in [2.24, 2.45) is 0 Å². The third-order valence-corrected chi connectivity index (χ3v) is 8.55. The van der Waals surface area contributed by atoms with Crippen molar-refractivity contribution in [3.8, 4) is 11.1 Å². The zero-order valence-electron chi connectivity index (χ0n) is 22.5. The average Bonchev–Trinajstić information content (AvgIpc) is 2.99. The van der Waals surface area contributed by atoms with Crippen molar-refractivity contribution in [2.45, 2.75) is 32.4 Å². The van der Waals surface area contributed by atoms with Crippen LogP contribution in [0.15, 0.2) is 54.7 Å². The molecule has 1 N–H and O–H groups in total. The first kappa shape index (κ1) is 26.1. The fourth-order valence-corrected chi connectivity index (χ4v) is 6.18. The highest BCUT2D eigenvalue weighted by Crippen LogP contribution is 2.34. The van der Waals surface area contributed by atoms with Crippen LogP contribution in [0.4, 0.5) is 11.5 Å². The minimum absolute atomic E-state index is 0.114. The molecule has 0 aliphatic carbocycles. The number of ether oxygens (including phenoxy) is 1. The topological polar surface area (TPSA) is 60.9 Å². The smallest absolute Gasteiger partial charge is 0.253 e. The van der Waals surface area contributed by atoms with Crippen molar-refractivity contribution in [1.29, 1.82) is 0 Å². The predicted molar refractivity (Wildman–Crippen MR) is 157 cm³/mol. The Morgan fingerprint density at radius 1 is 1.03 bits per heavy atom. The summed E-state index contributed by atoms with van der Waals surface area (Å²) >= 11 is 6.30. The fourth-order valence-electron chi connectivity index (χ4n) is 5.99. The van der Waals surface area contributed by atoms with Crippen LogP contribution in [0, 0.1) is 6.92 Å². The number of rotatable bonds is 5.